The Labute approximate surface area is 185 Å². The molecule has 2 heterocycles. The van der Waals surface area contributed by atoms with Gasteiger partial charge in [-0.3, -0.25) is 14.5 Å². The number of anilines is 2. The topological polar surface area (TPSA) is 67.7 Å². The number of fused-ring (bicyclic) bond motifs is 1. The molecule has 2 aromatic rings. The van der Waals surface area contributed by atoms with Gasteiger partial charge in [0, 0.05) is 36.6 Å². The monoisotopic (exact) mass is 440 g/mol. The largest absolute Gasteiger partial charge is 0.341 e. The van der Waals surface area contributed by atoms with Crippen molar-refractivity contribution in [1.29, 1.82) is 5.41 Å². The Morgan fingerprint density at radius 2 is 1.83 bits per heavy atom. The lowest BCUT2D eigenvalue weighted by molar-refractivity contribution is -0.120. The van der Waals surface area contributed by atoms with E-state index < -0.39 is 5.54 Å². The molecule has 0 spiro atoms. The summed E-state index contributed by atoms with van der Waals surface area (Å²) in [7, 11) is 1.79. The summed E-state index contributed by atoms with van der Waals surface area (Å²) in [5.74, 6) is -0.217. The molecule has 0 radical (unpaired) electrons. The van der Waals surface area contributed by atoms with Crippen molar-refractivity contribution < 1.29 is 9.59 Å². The van der Waals surface area contributed by atoms with E-state index in [2.05, 4.69) is 0 Å². The molecule has 0 saturated carbocycles. The van der Waals surface area contributed by atoms with Crippen LogP contribution in [-0.2, 0) is 11.2 Å². The minimum Gasteiger partial charge on any atom is -0.341 e. The van der Waals surface area contributed by atoms with Crippen LogP contribution in [0.25, 0.3) is 0 Å². The predicted molar refractivity (Wildman–Crippen MR) is 123 cm³/mol. The Hall–Kier alpha value is -2.77. The van der Waals surface area contributed by atoms with Crippen molar-refractivity contribution in [3.05, 3.63) is 58.1 Å². The normalized spacial score (nSPS) is 18.1. The number of carbonyl (C=O) groups excluding carboxylic acids is 2. The molecular weight excluding hydrogens is 420 g/mol. The molecule has 2 aliphatic heterocycles. The number of thiocarbonyl (C=S) groups is 1. The molecule has 6 nitrogen and oxygen atoms in total. The molecule has 1 saturated heterocycles. The zero-order valence-corrected chi connectivity index (χ0v) is 18.5. The molecule has 0 atom stereocenters. The number of nitrogens with zero attached hydrogens (tertiary/aromatic N) is 3. The molecule has 0 aromatic heterocycles. The lowest BCUT2D eigenvalue weighted by Crippen LogP contribution is -2.44. The smallest absolute Gasteiger partial charge is 0.259 e. The van der Waals surface area contributed by atoms with E-state index in [1.54, 1.807) is 35.0 Å². The SMILES string of the molecule is CN1CCc2ccc(N3C(=S)N(c4ccc(C=N)c(Cl)c4)C(=O)C3(C)C)cc2C1=O. The number of halogens is 1. The molecule has 154 valence electrons. The van der Waals surface area contributed by atoms with Crippen molar-refractivity contribution >= 4 is 58.3 Å². The maximum Gasteiger partial charge on any atom is 0.259 e. The predicted octanol–water partition coefficient (Wildman–Crippen LogP) is 3.88. The number of likely N-dealkylation sites (N-methyl/N-ethyl adjacent to an activating group) is 1. The molecule has 30 heavy (non-hydrogen) atoms. The van der Waals surface area contributed by atoms with E-state index in [9.17, 15) is 9.59 Å². The zero-order chi connectivity index (χ0) is 21.8. The highest BCUT2D eigenvalue weighted by Crippen LogP contribution is 2.38. The van der Waals surface area contributed by atoms with Crippen LogP contribution in [0.1, 0.15) is 35.3 Å². The van der Waals surface area contributed by atoms with Crippen molar-refractivity contribution in [3.8, 4) is 0 Å². The van der Waals surface area contributed by atoms with E-state index in [0.717, 1.165) is 18.2 Å². The minimum atomic E-state index is -0.943. The van der Waals surface area contributed by atoms with Gasteiger partial charge in [-0.1, -0.05) is 17.7 Å². The number of nitrogens with one attached hydrogen (secondary N) is 1. The first-order valence-corrected chi connectivity index (χ1v) is 10.3. The molecule has 1 N–H and O–H groups in total. The van der Waals surface area contributed by atoms with Gasteiger partial charge in [0.15, 0.2) is 5.11 Å². The number of hydrogen-bond acceptors (Lipinski definition) is 4. The highest BCUT2D eigenvalue weighted by molar-refractivity contribution is 7.81. The van der Waals surface area contributed by atoms with Crippen molar-refractivity contribution in [3.63, 3.8) is 0 Å². The van der Waals surface area contributed by atoms with Gasteiger partial charge in [-0.15, -0.1) is 0 Å². The second kappa shape index (κ2) is 7.18. The van der Waals surface area contributed by atoms with E-state index in [1.165, 1.54) is 4.90 Å². The summed E-state index contributed by atoms with van der Waals surface area (Å²) in [5.41, 5.74) is 2.51. The zero-order valence-electron chi connectivity index (χ0n) is 16.9. The first-order chi connectivity index (χ1) is 14.2. The number of amides is 2. The molecule has 0 bridgehead atoms. The summed E-state index contributed by atoms with van der Waals surface area (Å²) in [5, 5.41) is 8.09. The average molecular weight is 441 g/mol. The van der Waals surface area contributed by atoms with E-state index >= 15 is 0 Å². The van der Waals surface area contributed by atoms with E-state index in [-0.39, 0.29) is 11.8 Å². The van der Waals surface area contributed by atoms with Gasteiger partial charge < -0.3 is 15.2 Å². The van der Waals surface area contributed by atoms with Gasteiger partial charge in [0.05, 0.1) is 10.7 Å². The molecule has 0 unspecified atom stereocenters. The van der Waals surface area contributed by atoms with Crippen LogP contribution in [0.3, 0.4) is 0 Å². The summed E-state index contributed by atoms with van der Waals surface area (Å²) in [4.78, 5) is 30.9. The van der Waals surface area contributed by atoms with Gasteiger partial charge in [-0.25, -0.2) is 0 Å². The first-order valence-electron chi connectivity index (χ1n) is 9.54. The fourth-order valence-corrected chi connectivity index (χ4v) is 4.70. The molecule has 2 amide bonds. The number of benzene rings is 2. The van der Waals surface area contributed by atoms with Crippen LogP contribution in [0.2, 0.25) is 5.02 Å². The van der Waals surface area contributed by atoms with Crippen LogP contribution in [0.4, 0.5) is 11.4 Å². The first kappa shape index (κ1) is 20.5. The minimum absolute atomic E-state index is 0.0294. The summed E-state index contributed by atoms with van der Waals surface area (Å²) in [6.45, 7) is 4.31. The lowest BCUT2D eigenvalue weighted by Gasteiger charge is -2.31. The van der Waals surface area contributed by atoms with Gasteiger partial charge in [-0.05, 0) is 68.4 Å². The Kier molecular flexibility index (Phi) is 4.91. The number of rotatable bonds is 3. The van der Waals surface area contributed by atoms with Crippen molar-refractivity contribution in [2.75, 3.05) is 23.4 Å². The van der Waals surface area contributed by atoms with Crippen molar-refractivity contribution in [2.45, 2.75) is 25.8 Å². The van der Waals surface area contributed by atoms with Gasteiger partial charge in [0.25, 0.3) is 11.8 Å². The summed E-state index contributed by atoms with van der Waals surface area (Å²) >= 11 is 12.0. The highest BCUT2D eigenvalue weighted by Gasteiger charge is 2.50. The van der Waals surface area contributed by atoms with Gasteiger partial charge in [0.2, 0.25) is 0 Å². The molecular formula is C22H21ClN4O2S. The molecule has 1 fully saturated rings. The third-order valence-electron chi connectivity index (χ3n) is 5.71. The lowest BCUT2D eigenvalue weighted by atomic mass is 9.97. The van der Waals surface area contributed by atoms with E-state index in [4.69, 9.17) is 29.2 Å². The van der Waals surface area contributed by atoms with Gasteiger partial charge >= 0.3 is 0 Å². The van der Waals surface area contributed by atoms with Crippen molar-refractivity contribution in [2.24, 2.45) is 0 Å². The quantitative estimate of drug-likeness (QED) is 0.581. The average Bonchev–Trinajstić information content (AvgIpc) is 2.89. The Morgan fingerprint density at radius 1 is 1.13 bits per heavy atom. The molecule has 2 aliphatic rings. The maximum atomic E-state index is 13.3. The maximum absolute atomic E-state index is 13.3. The second-order valence-corrected chi connectivity index (χ2v) is 8.76. The molecule has 0 aliphatic carbocycles. The summed E-state index contributed by atoms with van der Waals surface area (Å²) < 4.78 is 0. The Bertz CT molecular complexity index is 1110. The summed E-state index contributed by atoms with van der Waals surface area (Å²) in [6, 6.07) is 10.7. The van der Waals surface area contributed by atoms with Crippen LogP contribution in [0, 0.1) is 5.41 Å². The third kappa shape index (κ3) is 3.00. The fourth-order valence-electron chi connectivity index (χ4n) is 3.94. The van der Waals surface area contributed by atoms with E-state index in [0.29, 0.717) is 39.2 Å². The summed E-state index contributed by atoms with van der Waals surface area (Å²) in [6.07, 6.45) is 1.96. The van der Waals surface area contributed by atoms with Crippen LogP contribution in [0.5, 0.6) is 0 Å². The van der Waals surface area contributed by atoms with Crippen LogP contribution < -0.4 is 9.80 Å². The van der Waals surface area contributed by atoms with Gasteiger partial charge in [0.1, 0.15) is 5.54 Å². The Balaban J connectivity index is 1.78. The van der Waals surface area contributed by atoms with Crippen LogP contribution in [0.15, 0.2) is 36.4 Å². The standard InChI is InChI=1S/C22H21ClN4O2S/c1-22(2)20(29)26(15-6-5-14(12-24)18(23)11-15)21(30)27(22)16-7-4-13-8-9-25(3)19(28)17(13)10-16/h4-7,10-12,24H,8-9H2,1-3H3. The van der Waals surface area contributed by atoms with Gasteiger partial charge in [-0.2, -0.15) is 0 Å². The number of carbonyl (C=O) groups is 2. The van der Waals surface area contributed by atoms with Crippen molar-refractivity contribution in [1.82, 2.24) is 4.90 Å². The molecule has 2 aromatic carbocycles. The third-order valence-corrected chi connectivity index (χ3v) is 6.40. The number of hydrogen-bond donors (Lipinski definition) is 1. The van der Waals surface area contributed by atoms with E-state index in [1.807, 2.05) is 32.0 Å². The van der Waals surface area contributed by atoms with Crippen LogP contribution in [-0.4, -0.2) is 47.2 Å². The molecule has 8 heteroatoms. The fraction of sp³-hybridized carbons (Fsp3) is 0.273. The second-order valence-electron chi connectivity index (χ2n) is 7.99. The molecule has 4 rings (SSSR count). The Morgan fingerprint density at radius 3 is 2.50 bits per heavy atom. The van der Waals surface area contributed by atoms with Crippen LogP contribution >= 0.6 is 23.8 Å². The highest BCUT2D eigenvalue weighted by atomic mass is 35.5.